The van der Waals surface area contributed by atoms with Crippen LogP contribution in [0.15, 0.2) is 61.3 Å². The number of amides is 1. The number of rotatable bonds is 5. The predicted octanol–water partition coefficient (Wildman–Crippen LogP) is 4.35. The van der Waals surface area contributed by atoms with Crippen LogP contribution in [0.4, 0.5) is 18.9 Å². The van der Waals surface area contributed by atoms with Crippen molar-refractivity contribution in [1.29, 1.82) is 0 Å². The van der Waals surface area contributed by atoms with Gasteiger partial charge in [-0.1, -0.05) is 35.9 Å². The summed E-state index contributed by atoms with van der Waals surface area (Å²) in [6, 6.07) is 7.96. The highest BCUT2D eigenvalue weighted by Gasteiger charge is 2.41. The van der Waals surface area contributed by atoms with Crippen LogP contribution in [0.1, 0.15) is 34.3 Å². The van der Waals surface area contributed by atoms with Crippen molar-refractivity contribution in [3.05, 3.63) is 83.3 Å². The first-order valence-corrected chi connectivity index (χ1v) is 12.1. The SMILES string of the molecule is O=C1CO[C@@H](c2ncc(-n3ncc(C(=O)Nc4cnc(-n5nccn5)c(Cl)c4)c3C(F)(F)F)c3ccccc23)C1. The number of anilines is 1. The van der Waals surface area contributed by atoms with E-state index in [0.29, 0.717) is 21.1 Å². The van der Waals surface area contributed by atoms with Gasteiger partial charge in [0.25, 0.3) is 5.91 Å². The minimum atomic E-state index is -4.96. The maximum atomic E-state index is 14.4. The minimum absolute atomic E-state index is 0.00386. The van der Waals surface area contributed by atoms with E-state index < -0.39 is 29.4 Å². The number of alkyl halides is 3. The summed E-state index contributed by atoms with van der Waals surface area (Å²) in [6.45, 7) is -0.0537. The number of ether oxygens (including phenoxy) is 1. The fourth-order valence-electron chi connectivity index (χ4n) is 4.46. The van der Waals surface area contributed by atoms with Crippen molar-refractivity contribution in [2.24, 2.45) is 0 Å². The molecule has 0 spiro atoms. The van der Waals surface area contributed by atoms with E-state index in [1.165, 1.54) is 30.9 Å². The lowest BCUT2D eigenvalue weighted by Crippen LogP contribution is -2.21. The Morgan fingerprint density at radius 1 is 1.05 bits per heavy atom. The number of halogens is 4. The number of fused-ring (bicyclic) bond motifs is 1. The van der Waals surface area contributed by atoms with Crippen molar-refractivity contribution in [3.8, 4) is 11.5 Å². The summed E-state index contributed by atoms with van der Waals surface area (Å²) in [5.74, 6) is -0.997. The van der Waals surface area contributed by atoms with E-state index in [0.717, 1.165) is 11.0 Å². The number of benzene rings is 1. The number of pyridine rings is 2. The molecule has 1 atom stereocenters. The van der Waals surface area contributed by atoms with Crippen LogP contribution in [0.3, 0.4) is 0 Å². The van der Waals surface area contributed by atoms with Crippen LogP contribution in [-0.2, 0) is 15.7 Å². The Kier molecular flexibility index (Phi) is 6.27. The van der Waals surface area contributed by atoms with Crippen molar-refractivity contribution in [1.82, 2.24) is 34.7 Å². The summed E-state index contributed by atoms with van der Waals surface area (Å²) >= 11 is 6.22. The molecule has 0 bridgehead atoms. The molecule has 5 aromatic rings. The lowest BCUT2D eigenvalue weighted by atomic mass is 10.0. The quantitative estimate of drug-likeness (QED) is 0.331. The second kappa shape index (κ2) is 9.81. The van der Waals surface area contributed by atoms with E-state index in [1.807, 2.05) is 0 Å². The van der Waals surface area contributed by atoms with Crippen molar-refractivity contribution in [2.75, 3.05) is 11.9 Å². The van der Waals surface area contributed by atoms with Gasteiger partial charge in [0.05, 0.1) is 58.6 Å². The van der Waals surface area contributed by atoms with Crippen LogP contribution >= 0.6 is 11.6 Å². The van der Waals surface area contributed by atoms with Gasteiger partial charge in [0, 0.05) is 17.2 Å². The molecule has 6 rings (SSSR count). The molecule has 1 aliphatic rings. The van der Waals surface area contributed by atoms with E-state index in [1.54, 1.807) is 24.3 Å². The molecular formula is C25H16ClF3N8O3. The number of Topliss-reactive ketones (excluding diaryl/α,β-unsaturated/α-hetero) is 1. The average Bonchev–Trinajstić information content (AvgIpc) is 3.69. The predicted molar refractivity (Wildman–Crippen MR) is 134 cm³/mol. The van der Waals surface area contributed by atoms with Crippen LogP contribution in [0, 0.1) is 0 Å². The second-order valence-corrected chi connectivity index (χ2v) is 9.14. The average molecular weight is 569 g/mol. The monoisotopic (exact) mass is 568 g/mol. The van der Waals surface area contributed by atoms with Gasteiger partial charge < -0.3 is 10.1 Å². The third-order valence-corrected chi connectivity index (χ3v) is 6.44. The normalized spacial score (nSPS) is 15.6. The van der Waals surface area contributed by atoms with Crippen LogP contribution in [0.25, 0.3) is 22.3 Å². The molecule has 1 aliphatic heterocycles. The zero-order chi connectivity index (χ0) is 28.0. The van der Waals surface area contributed by atoms with Crippen LogP contribution in [0.5, 0.6) is 0 Å². The molecule has 1 fully saturated rings. The molecule has 11 nitrogen and oxygen atoms in total. The summed E-state index contributed by atoms with van der Waals surface area (Å²) < 4.78 is 49.4. The number of carbonyl (C=O) groups is 2. The molecular weight excluding hydrogens is 553 g/mol. The number of ketones is 1. The Balaban J connectivity index is 1.38. The van der Waals surface area contributed by atoms with Crippen molar-refractivity contribution in [3.63, 3.8) is 0 Å². The molecule has 1 saturated heterocycles. The maximum Gasteiger partial charge on any atom is 0.434 e. The lowest BCUT2D eigenvalue weighted by molar-refractivity contribution is -0.143. The molecule has 5 heterocycles. The highest BCUT2D eigenvalue weighted by Crippen LogP contribution is 2.37. The molecule has 4 aromatic heterocycles. The Morgan fingerprint density at radius 3 is 2.48 bits per heavy atom. The van der Waals surface area contributed by atoms with Gasteiger partial charge in [-0.15, -0.1) is 4.80 Å². The van der Waals surface area contributed by atoms with Crippen LogP contribution in [0.2, 0.25) is 5.02 Å². The van der Waals surface area contributed by atoms with Crippen molar-refractivity contribution >= 4 is 39.8 Å². The van der Waals surface area contributed by atoms with Gasteiger partial charge in [0.2, 0.25) is 0 Å². The maximum absolute atomic E-state index is 14.4. The van der Waals surface area contributed by atoms with E-state index >= 15 is 0 Å². The summed E-state index contributed by atoms with van der Waals surface area (Å²) in [5.41, 5.74) is -1.54. The Bertz CT molecular complexity index is 1770. The highest BCUT2D eigenvalue weighted by atomic mass is 35.5. The smallest absolute Gasteiger partial charge is 0.364 e. The van der Waals surface area contributed by atoms with Gasteiger partial charge in [-0.2, -0.15) is 28.5 Å². The zero-order valence-electron chi connectivity index (χ0n) is 20.1. The van der Waals surface area contributed by atoms with E-state index in [2.05, 4.69) is 30.6 Å². The number of hydrogen-bond acceptors (Lipinski definition) is 8. The lowest BCUT2D eigenvalue weighted by Gasteiger charge is -2.17. The summed E-state index contributed by atoms with van der Waals surface area (Å²) in [6.07, 6.45) is 0.648. The third-order valence-electron chi connectivity index (χ3n) is 6.17. The molecule has 0 unspecified atom stereocenters. The summed E-state index contributed by atoms with van der Waals surface area (Å²) in [4.78, 5) is 34.4. The van der Waals surface area contributed by atoms with Gasteiger partial charge in [-0.25, -0.2) is 9.67 Å². The van der Waals surface area contributed by atoms with E-state index in [-0.39, 0.29) is 41.0 Å². The zero-order valence-corrected chi connectivity index (χ0v) is 20.9. The number of carbonyl (C=O) groups excluding carboxylic acids is 2. The van der Waals surface area contributed by atoms with Crippen molar-refractivity contribution < 1.29 is 27.5 Å². The van der Waals surface area contributed by atoms with Crippen LogP contribution in [-0.4, -0.2) is 53.0 Å². The summed E-state index contributed by atoms with van der Waals surface area (Å²) in [5, 5.41) is 15.1. The molecule has 202 valence electrons. The Hall–Kier alpha value is -4.69. The topological polar surface area (TPSA) is 130 Å². The Morgan fingerprint density at radius 2 is 1.80 bits per heavy atom. The number of nitrogens with one attached hydrogen (secondary N) is 1. The molecule has 0 radical (unpaired) electrons. The van der Waals surface area contributed by atoms with Gasteiger partial charge in [-0.05, 0) is 6.07 Å². The van der Waals surface area contributed by atoms with Gasteiger partial charge in [-0.3, -0.25) is 14.6 Å². The molecule has 1 amide bonds. The molecule has 1 N–H and O–H groups in total. The second-order valence-electron chi connectivity index (χ2n) is 8.74. The van der Waals surface area contributed by atoms with Gasteiger partial charge >= 0.3 is 6.18 Å². The number of aromatic nitrogens is 7. The first-order valence-electron chi connectivity index (χ1n) is 11.7. The largest absolute Gasteiger partial charge is 0.434 e. The minimum Gasteiger partial charge on any atom is -0.364 e. The molecule has 0 saturated carbocycles. The van der Waals surface area contributed by atoms with E-state index in [9.17, 15) is 22.8 Å². The van der Waals surface area contributed by atoms with E-state index in [4.69, 9.17) is 16.3 Å². The standard InChI is InChI=1S/C25H16ClF3N8O3/c26-18-7-13(9-31-23(18)37-32-5-6-33-37)35-24(39)17-10-34-36(22(17)25(27,28)29)19-11-30-21(20-8-14(38)12-40-20)16-4-2-1-3-15(16)19/h1-7,9-11,20H,8,12H2,(H,35,39)/t20-/m1/s1. The first-order chi connectivity index (χ1) is 19.2. The molecule has 0 aliphatic carbocycles. The number of nitrogens with zero attached hydrogens (tertiary/aromatic N) is 7. The fraction of sp³-hybridized carbons (Fsp3) is 0.160. The summed E-state index contributed by atoms with van der Waals surface area (Å²) in [7, 11) is 0. The first kappa shape index (κ1) is 25.6. The highest BCUT2D eigenvalue weighted by molar-refractivity contribution is 6.32. The van der Waals surface area contributed by atoms with Gasteiger partial charge in [0.15, 0.2) is 17.3 Å². The Labute approximate surface area is 227 Å². The van der Waals surface area contributed by atoms with Gasteiger partial charge in [0.1, 0.15) is 12.7 Å². The third kappa shape index (κ3) is 4.56. The molecule has 1 aromatic carbocycles. The van der Waals surface area contributed by atoms with Crippen LogP contribution < -0.4 is 5.32 Å². The molecule has 40 heavy (non-hydrogen) atoms. The fourth-order valence-corrected chi connectivity index (χ4v) is 4.70. The molecule has 15 heteroatoms. The number of hydrogen-bond donors (Lipinski definition) is 1. The van der Waals surface area contributed by atoms with Crippen molar-refractivity contribution in [2.45, 2.75) is 18.7 Å².